The summed E-state index contributed by atoms with van der Waals surface area (Å²) < 4.78 is 0. The van der Waals surface area contributed by atoms with E-state index in [4.69, 9.17) is 0 Å². The first-order chi connectivity index (χ1) is 9.15. The average Bonchev–Trinajstić information content (AvgIpc) is 2.42. The van der Waals surface area contributed by atoms with Crippen molar-refractivity contribution in [3.8, 4) is 5.75 Å². The fraction of sp³-hybridized carbons (Fsp3) is 0.200. The van der Waals surface area contributed by atoms with Gasteiger partial charge in [-0.2, -0.15) is 0 Å². The third-order valence-corrected chi connectivity index (χ3v) is 2.86. The minimum atomic E-state index is 0.0427. The van der Waals surface area contributed by atoms with Gasteiger partial charge in [0, 0.05) is 26.0 Å². The second kappa shape index (κ2) is 6.00. The number of likely N-dealkylation sites (N-methyl/N-ethyl adjacent to an activating group) is 1. The fourth-order valence-electron chi connectivity index (χ4n) is 1.78. The maximum absolute atomic E-state index is 12.0. The van der Waals surface area contributed by atoms with Crippen LogP contribution in [0.2, 0.25) is 0 Å². The molecule has 1 N–H and O–H groups in total. The van der Waals surface area contributed by atoms with Gasteiger partial charge in [0.2, 0.25) is 5.91 Å². The molecule has 0 aliphatic carbocycles. The number of rotatable bonds is 4. The zero-order valence-corrected chi connectivity index (χ0v) is 10.8. The largest absolute Gasteiger partial charge is 0.508 e. The van der Waals surface area contributed by atoms with Gasteiger partial charge in [-0.25, -0.2) is 0 Å². The molecule has 1 heterocycles. The van der Waals surface area contributed by atoms with Crippen LogP contribution in [0.3, 0.4) is 0 Å². The van der Waals surface area contributed by atoms with Crippen LogP contribution in [0.4, 0.5) is 0 Å². The van der Waals surface area contributed by atoms with Crippen molar-refractivity contribution in [1.82, 2.24) is 9.88 Å². The maximum Gasteiger partial charge on any atom is 0.227 e. The number of phenolic OH excluding ortho intramolecular Hbond substituents is 1. The van der Waals surface area contributed by atoms with Crippen LogP contribution in [0.15, 0.2) is 48.8 Å². The monoisotopic (exact) mass is 256 g/mol. The first-order valence-electron chi connectivity index (χ1n) is 6.06. The first-order valence-corrected chi connectivity index (χ1v) is 6.06. The summed E-state index contributed by atoms with van der Waals surface area (Å²) in [6, 6.07) is 10.6. The van der Waals surface area contributed by atoms with E-state index in [1.807, 2.05) is 24.3 Å². The highest BCUT2D eigenvalue weighted by Crippen LogP contribution is 2.11. The van der Waals surface area contributed by atoms with Crippen LogP contribution in [-0.4, -0.2) is 27.9 Å². The van der Waals surface area contributed by atoms with Crippen LogP contribution in [-0.2, 0) is 17.8 Å². The van der Waals surface area contributed by atoms with Crippen LogP contribution >= 0.6 is 0 Å². The number of phenols is 1. The van der Waals surface area contributed by atoms with E-state index in [1.165, 1.54) is 0 Å². The van der Waals surface area contributed by atoms with E-state index >= 15 is 0 Å². The molecule has 2 rings (SSSR count). The number of pyridine rings is 1. The predicted molar refractivity (Wildman–Crippen MR) is 72.5 cm³/mol. The molecule has 0 unspecified atom stereocenters. The van der Waals surface area contributed by atoms with Gasteiger partial charge in [0.1, 0.15) is 5.75 Å². The highest BCUT2D eigenvalue weighted by Gasteiger charge is 2.10. The molecule has 0 aliphatic heterocycles. The Morgan fingerprint density at radius 3 is 2.58 bits per heavy atom. The van der Waals surface area contributed by atoms with Crippen LogP contribution in [0.1, 0.15) is 11.1 Å². The summed E-state index contributed by atoms with van der Waals surface area (Å²) in [5, 5.41) is 9.21. The number of amides is 1. The summed E-state index contributed by atoms with van der Waals surface area (Å²) in [5.74, 6) is 0.272. The summed E-state index contributed by atoms with van der Waals surface area (Å²) in [7, 11) is 1.77. The summed E-state index contributed by atoms with van der Waals surface area (Å²) in [6.07, 6.45) is 3.74. The predicted octanol–water partition coefficient (Wildman–Crippen LogP) is 1.99. The minimum Gasteiger partial charge on any atom is -0.508 e. The Hall–Kier alpha value is -2.36. The number of aromatic nitrogens is 1. The molecule has 0 atom stereocenters. The van der Waals surface area contributed by atoms with E-state index in [0.717, 1.165) is 11.1 Å². The van der Waals surface area contributed by atoms with Crippen LogP contribution < -0.4 is 0 Å². The zero-order chi connectivity index (χ0) is 13.7. The van der Waals surface area contributed by atoms with Crippen molar-refractivity contribution in [2.45, 2.75) is 13.0 Å². The smallest absolute Gasteiger partial charge is 0.227 e. The molecule has 98 valence electrons. The highest BCUT2D eigenvalue weighted by molar-refractivity contribution is 5.78. The fourth-order valence-corrected chi connectivity index (χ4v) is 1.78. The Bertz CT molecular complexity index is 538. The molecule has 1 aromatic heterocycles. The Kier molecular flexibility index (Phi) is 4.13. The molecular weight excluding hydrogens is 240 g/mol. The summed E-state index contributed by atoms with van der Waals surface area (Å²) >= 11 is 0. The molecule has 0 radical (unpaired) electrons. The van der Waals surface area contributed by atoms with Crippen molar-refractivity contribution in [2.24, 2.45) is 0 Å². The third kappa shape index (κ3) is 3.81. The lowest BCUT2D eigenvalue weighted by atomic mass is 10.1. The van der Waals surface area contributed by atoms with Gasteiger partial charge in [-0.1, -0.05) is 18.2 Å². The van der Waals surface area contributed by atoms with Crippen LogP contribution in [0.5, 0.6) is 5.75 Å². The molecule has 4 heteroatoms. The summed E-state index contributed by atoms with van der Waals surface area (Å²) in [6.45, 7) is 0.527. The minimum absolute atomic E-state index is 0.0427. The van der Waals surface area contributed by atoms with Gasteiger partial charge in [-0.15, -0.1) is 0 Å². The van der Waals surface area contributed by atoms with Crippen molar-refractivity contribution >= 4 is 5.91 Å². The second-order valence-corrected chi connectivity index (χ2v) is 4.45. The van der Waals surface area contributed by atoms with E-state index in [0.29, 0.717) is 13.0 Å². The van der Waals surface area contributed by atoms with Crippen molar-refractivity contribution in [2.75, 3.05) is 7.05 Å². The molecular formula is C15H16N2O2. The lowest BCUT2D eigenvalue weighted by Crippen LogP contribution is -2.27. The molecule has 0 aliphatic rings. The number of aromatic hydroxyl groups is 1. The SMILES string of the molecule is CN(Cc1ccc(O)cc1)C(=O)Cc1cccnc1. The third-order valence-electron chi connectivity index (χ3n) is 2.86. The molecule has 0 spiro atoms. The molecule has 0 saturated carbocycles. The van der Waals surface area contributed by atoms with Gasteiger partial charge in [-0.3, -0.25) is 9.78 Å². The van der Waals surface area contributed by atoms with E-state index in [1.54, 1.807) is 36.5 Å². The first kappa shape index (κ1) is 13.1. The number of carbonyl (C=O) groups excluding carboxylic acids is 1. The summed E-state index contributed by atoms with van der Waals surface area (Å²) in [4.78, 5) is 17.7. The highest BCUT2D eigenvalue weighted by atomic mass is 16.3. The lowest BCUT2D eigenvalue weighted by molar-refractivity contribution is -0.129. The number of hydrogen-bond donors (Lipinski definition) is 1. The molecule has 4 nitrogen and oxygen atoms in total. The van der Waals surface area contributed by atoms with Gasteiger partial charge in [-0.05, 0) is 29.3 Å². The Balaban J connectivity index is 1.94. The topological polar surface area (TPSA) is 53.4 Å². The molecule has 2 aromatic rings. The van der Waals surface area contributed by atoms with Crippen molar-refractivity contribution in [3.05, 3.63) is 59.9 Å². The van der Waals surface area contributed by atoms with Gasteiger partial charge >= 0.3 is 0 Å². The number of nitrogens with zero attached hydrogens (tertiary/aromatic N) is 2. The Morgan fingerprint density at radius 1 is 1.21 bits per heavy atom. The van der Waals surface area contributed by atoms with Gasteiger partial charge in [0.05, 0.1) is 6.42 Å². The van der Waals surface area contributed by atoms with Crippen molar-refractivity contribution in [3.63, 3.8) is 0 Å². The van der Waals surface area contributed by atoms with Gasteiger partial charge in [0.25, 0.3) is 0 Å². The van der Waals surface area contributed by atoms with E-state index in [2.05, 4.69) is 4.98 Å². The normalized spacial score (nSPS) is 10.2. The molecule has 19 heavy (non-hydrogen) atoms. The second-order valence-electron chi connectivity index (χ2n) is 4.45. The maximum atomic E-state index is 12.0. The molecule has 0 saturated heterocycles. The van der Waals surface area contributed by atoms with Gasteiger partial charge < -0.3 is 10.0 Å². The molecule has 0 fully saturated rings. The quantitative estimate of drug-likeness (QED) is 0.910. The lowest BCUT2D eigenvalue weighted by Gasteiger charge is -2.17. The molecule has 1 aromatic carbocycles. The van der Waals surface area contributed by atoms with Crippen LogP contribution in [0.25, 0.3) is 0 Å². The van der Waals surface area contributed by atoms with E-state index < -0.39 is 0 Å². The van der Waals surface area contributed by atoms with Crippen molar-refractivity contribution in [1.29, 1.82) is 0 Å². The molecule has 1 amide bonds. The Labute approximate surface area is 112 Å². The average molecular weight is 256 g/mol. The Morgan fingerprint density at radius 2 is 1.95 bits per heavy atom. The molecule has 0 bridgehead atoms. The van der Waals surface area contributed by atoms with Crippen molar-refractivity contribution < 1.29 is 9.90 Å². The van der Waals surface area contributed by atoms with Crippen LogP contribution in [0, 0.1) is 0 Å². The van der Waals surface area contributed by atoms with E-state index in [9.17, 15) is 9.90 Å². The van der Waals surface area contributed by atoms with E-state index in [-0.39, 0.29) is 11.7 Å². The van der Waals surface area contributed by atoms with Gasteiger partial charge in [0.15, 0.2) is 0 Å². The number of benzene rings is 1. The number of hydrogen-bond acceptors (Lipinski definition) is 3. The number of carbonyl (C=O) groups is 1. The zero-order valence-electron chi connectivity index (χ0n) is 10.8. The summed E-state index contributed by atoms with van der Waals surface area (Å²) in [5.41, 5.74) is 1.89. The standard InChI is InChI=1S/C15H16N2O2/c1-17(11-12-4-6-14(18)7-5-12)15(19)9-13-3-2-8-16-10-13/h2-8,10,18H,9,11H2,1H3.